The van der Waals surface area contributed by atoms with E-state index in [2.05, 4.69) is 5.32 Å². The predicted octanol–water partition coefficient (Wildman–Crippen LogP) is 3.50. The molecule has 0 aliphatic carbocycles. The van der Waals surface area contributed by atoms with Crippen molar-refractivity contribution in [3.05, 3.63) is 33.8 Å². The van der Waals surface area contributed by atoms with Crippen molar-refractivity contribution in [2.24, 2.45) is 0 Å². The normalized spacial score (nSPS) is 19.4. The van der Waals surface area contributed by atoms with Crippen molar-refractivity contribution >= 4 is 23.2 Å². The van der Waals surface area contributed by atoms with E-state index in [0.717, 1.165) is 0 Å². The average molecular weight is 313 g/mol. The van der Waals surface area contributed by atoms with Crippen molar-refractivity contribution in [3.63, 3.8) is 0 Å². The molecule has 0 aromatic heterocycles. The Hall–Kier alpha value is -0.490. The lowest BCUT2D eigenvalue weighted by atomic mass is 10.0. The fraction of sp³-hybridized carbons (Fsp3) is 0.500. The van der Waals surface area contributed by atoms with Crippen LogP contribution in [0.5, 0.6) is 0 Å². The lowest BCUT2D eigenvalue weighted by molar-refractivity contribution is -0.187. The van der Waals surface area contributed by atoms with Crippen LogP contribution in [-0.4, -0.2) is 37.3 Å². The van der Waals surface area contributed by atoms with Crippen LogP contribution in [0.15, 0.2) is 18.2 Å². The van der Waals surface area contributed by atoms with Gasteiger partial charge >= 0.3 is 6.18 Å². The fourth-order valence-corrected chi connectivity index (χ4v) is 2.82. The van der Waals surface area contributed by atoms with Gasteiger partial charge < -0.3 is 5.32 Å². The predicted molar refractivity (Wildman–Crippen MR) is 69.7 cm³/mol. The number of benzene rings is 1. The van der Waals surface area contributed by atoms with Gasteiger partial charge in [0.25, 0.3) is 0 Å². The molecule has 1 saturated heterocycles. The number of hydrogen-bond donors (Lipinski definition) is 1. The smallest absolute Gasteiger partial charge is 0.314 e. The molecule has 2 rings (SSSR count). The van der Waals surface area contributed by atoms with E-state index in [9.17, 15) is 13.2 Å². The van der Waals surface area contributed by atoms with Crippen LogP contribution in [0.1, 0.15) is 11.6 Å². The Morgan fingerprint density at radius 3 is 2.05 bits per heavy atom. The number of halogens is 5. The maximum absolute atomic E-state index is 13.3. The zero-order valence-corrected chi connectivity index (χ0v) is 11.5. The summed E-state index contributed by atoms with van der Waals surface area (Å²) in [5, 5.41) is 3.46. The largest absolute Gasteiger partial charge is 0.408 e. The molecule has 1 atom stereocenters. The van der Waals surface area contributed by atoms with E-state index in [0.29, 0.717) is 26.2 Å². The van der Waals surface area contributed by atoms with Crippen LogP contribution in [0, 0.1) is 0 Å². The van der Waals surface area contributed by atoms with Gasteiger partial charge in [0.2, 0.25) is 0 Å². The molecular weight excluding hydrogens is 300 g/mol. The highest BCUT2D eigenvalue weighted by molar-refractivity contribution is 6.34. The number of piperazine rings is 1. The molecule has 0 bridgehead atoms. The molecule has 0 saturated carbocycles. The molecule has 1 fully saturated rings. The van der Waals surface area contributed by atoms with E-state index in [4.69, 9.17) is 23.2 Å². The summed E-state index contributed by atoms with van der Waals surface area (Å²) in [6.45, 7) is 1.77. The summed E-state index contributed by atoms with van der Waals surface area (Å²) >= 11 is 11.6. The molecule has 0 amide bonds. The Labute approximate surface area is 119 Å². The first kappa shape index (κ1) is 14.9. The number of hydrogen-bond acceptors (Lipinski definition) is 2. The van der Waals surface area contributed by atoms with Gasteiger partial charge in [0.05, 0.1) is 0 Å². The summed E-state index contributed by atoms with van der Waals surface area (Å²) in [5.74, 6) is 0. The molecule has 106 valence electrons. The third-order valence-electron chi connectivity index (χ3n) is 3.03. The summed E-state index contributed by atoms with van der Waals surface area (Å²) in [4.78, 5) is 1.40. The molecule has 1 aliphatic rings. The molecule has 2 nitrogen and oxygen atoms in total. The van der Waals surface area contributed by atoms with Gasteiger partial charge in [-0.15, -0.1) is 0 Å². The maximum atomic E-state index is 13.3. The quantitative estimate of drug-likeness (QED) is 0.899. The molecule has 1 N–H and O–H groups in total. The van der Waals surface area contributed by atoms with Crippen LogP contribution in [0.25, 0.3) is 0 Å². The molecule has 19 heavy (non-hydrogen) atoms. The number of rotatable bonds is 2. The summed E-state index contributed by atoms with van der Waals surface area (Å²) in [5.41, 5.74) is 0.0897. The lowest BCUT2D eigenvalue weighted by Crippen LogP contribution is -2.49. The third kappa shape index (κ3) is 3.75. The minimum absolute atomic E-state index is 0.0897. The van der Waals surface area contributed by atoms with Crippen LogP contribution >= 0.6 is 23.2 Å². The SMILES string of the molecule is FC(F)(F)[C@@H](c1cc(Cl)cc(Cl)c1)N1CCNCC1. The first-order chi connectivity index (χ1) is 8.88. The molecule has 7 heteroatoms. The number of nitrogens with one attached hydrogen (secondary N) is 1. The van der Waals surface area contributed by atoms with E-state index >= 15 is 0 Å². The van der Waals surface area contributed by atoms with Crippen molar-refractivity contribution in [2.45, 2.75) is 12.2 Å². The maximum Gasteiger partial charge on any atom is 0.408 e. The van der Waals surface area contributed by atoms with Crippen LogP contribution in [0.3, 0.4) is 0 Å². The third-order valence-corrected chi connectivity index (χ3v) is 3.46. The second kappa shape index (κ2) is 5.87. The molecular formula is C12H13Cl2F3N2. The van der Waals surface area contributed by atoms with Gasteiger partial charge in [-0.2, -0.15) is 13.2 Å². The Morgan fingerprint density at radius 2 is 1.58 bits per heavy atom. The van der Waals surface area contributed by atoms with Gasteiger partial charge in [-0.1, -0.05) is 23.2 Å². The molecule has 0 unspecified atom stereocenters. The van der Waals surface area contributed by atoms with Crippen molar-refractivity contribution in [2.75, 3.05) is 26.2 Å². The van der Waals surface area contributed by atoms with Gasteiger partial charge in [-0.3, -0.25) is 4.90 Å². The van der Waals surface area contributed by atoms with E-state index in [1.165, 1.54) is 23.1 Å². The Kier molecular flexibility index (Phi) is 4.61. The summed E-state index contributed by atoms with van der Waals surface area (Å²) in [6, 6.07) is 2.42. The monoisotopic (exact) mass is 312 g/mol. The number of alkyl halides is 3. The van der Waals surface area contributed by atoms with Crippen molar-refractivity contribution in [1.82, 2.24) is 10.2 Å². The molecule has 0 spiro atoms. The summed E-state index contributed by atoms with van der Waals surface area (Å²) < 4.78 is 39.9. The van der Waals surface area contributed by atoms with Crippen LogP contribution in [0.2, 0.25) is 10.0 Å². The standard InChI is InChI=1S/C12H13Cl2F3N2/c13-9-5-8(6-10(14)7-9)11(12(15,16)17)19-3-1-18-2-4-19/h5-7,11,18H,1-4H2/t11-/m1/s1. The minimum atomic E-state index is -4.36. The lowest BCUT2D eigenvalue weighted by Gasteiger charge is -2.36. The van der Waals surface area contributed by atoms with Gasteiger partial charge in [0.1, 0.15) is 6.04 Å². The second-order valence-corrected chi connectivity index (χ2v) is 5.31. The highest BCUT2D eigenvalue weighted by Gasteiger charge is 2.45. The zero-order chi connectivity index (χ0) is 14.0. The first-order valence-electron chi connectivity index (χ1n) is 5.85. The topological polar surface area (TPSA) is 15.3 Å². The van der Waals surface area contributed by atoms with Crippen molar-refractivity contribution in [3.8, 4) is 0 Å². The van der Waals surface area contributed by atoms with E-state index in [-0.39, 0.29) is 15.6 Å². The van der Waals surface area contributed by atoms with Gasteiger partial charge in [0, 0.05) is 36.2 Å². The Morgan fingerprint density at radius 1 is 1.05 bits per heavy atom. The number of nitrogens with zero attached hydrogens (tertiary/aromatic N) is 1. The second-order valence-electron chi connectivity index (χ2n) is 4.43. The minimum Gasteiger partial charge on any atom is -0.314 e. The molecule has 1 aliphatic heterocycles. The fourth-order valence-electron chi connectivity index (χ4n) is 2.28. The van der Waals surface area contributed by atoms with E-state index < -0.39 is 12.2 Å². The van der Waals surface area contributed by atoms with Gasteiger partial charge in [0.15, 0.2) is 0 Å². The average Bonchev–Trinajstić information content (AvgIpc) is 2.27. The van der Waals surface area contributed by atoms with Crippen molar-refractivity contribution in [1.29, 1.82) is 0 Å². The van der Waals surface area contributed by atoms with Crippen LogP contribution in [-0.2, 0) is 0 Å². The highest BCUT2D eigenvalue weighted by atomic mass is 35.5. The Bertz CT molecular complexity index is 425. The van der Waals surface area contributed by atoms with E-state index in [1.807, 2.05) is 0 Å². The van der Waals surface area contributed by atoms with Gasteiger partial charge in [-0.05, 0) is 23.8 Å². The summed E-state index contributed by atoms with van der Waals surface area (Å²) in [7, 11) is 0. The Balaban J connectivity index is 2.36. The zero-order valence-electron chi connectivity index (χ0n) is 9.97. The van der Waals surface area contributed by atoms with Crippen LogP contribution < -0.4 is 5.32 Å². The van der Waals surface area contributed by atoms with E-state index in [1.54, 1.807) is 0 Å². The van der Waals surface area contributed by atoms with Gasteiger partial charge in [-0.25, -0.2) is 0 Å². The molecule has 1 aromatic carbocycles. The summed E-state index contributed by atoms with van der Waals surface area (Å²) in [6.07, 6.45) is -4.36. The van der Waals surface area contributed by atoms with Crippen molar-refractivity contribution < 1.29 is 13.2 Å². The molecule has 0 radical (unpaired) electrons. The first-order valence-corrected chi connectivity index (χ1v) is 6.61. The van der Waals surface area contributed by atoms with Crippen LogP contribution in [0.4, 0.5) is 13.2 Å². The molecule has 1 aromatic rings. The molecule has 1 heterocycles. The highest BCUT2D eigenvalue weighted by Crippen LogP contribution is 2.39.